The summed E-state index contributed by atoms with van der Waals surface area (Å²) in [5.74, 6) is 0.156. The Balaban J connectivity index is 2.49. The molecule has 9 heteroatoms. The van der Waals surface area contributed by atoms with Gasteiger partial charge in [0, 0.05) is 6.20 Å². The van der Waals surface area contributed by atoms with Crippen molar-refractivity contribution in [2.45, 2.75) is 19.1 Å². The molecular formula is C14H12F3N5O. The molecule has 1 atom stereocenters. The van der Waals surface area contributed by atoms with Gasteiger partial charge in [-0.2, -0.15) is 18.3 Å². The molecule has 0 radical (unpaired) electrons. The number of nitrogens with two attached hydrogens (primary N) is 1. The summed E-state index contributed by atoms with van der Waals surface area (Å²) in [6.45, 7) is 1.60. The predicted molar refractivity (Wildman–Crippen MR) is 77.1 cm³/mol. The molecule has 23 heavy (non-hydrogen) atoms. The molecular weight excluding hydrogens is 311 g/mol. The number of alkyl halides is 3. The Labute approximate surface area is 127 Å². The maximum absolute atomic E-state index is 13.2. The molecule has 2 aromatic heterocycles. The van der Waals surface area contributed by atoms with Gasteiger partial charge in [-0.25, -0.2) is 4.98 Å². The van der Waals surface area contributed by atoms with Crippen molar-refractivity contribution in [2.24, 2.45) is 5.73 Å². The van der Waals surface area contributed by atoms with Crippen LogP contribution in [-0.4, -0.2) is 19.7 Å². The van der Waals surface area contributed by atoms with Crippen LogP contribution in [-0.2, 0) is 6.18 Å². The van der Waals surface area contributed by atoms with Crippen molar-refractivity contribution in [1.82, 2.24) is 19.7 Å². The van der Waals surface area contributed by atoms with Crippen LogP contribution in [0.5, 0.6) is 0 Å². The Morgan fingerprint density at radius 3 is 2.65 bits per heavy atom. The van der Waals surface area contributed by atoms with E-state index in [-0.39, 0.29) is 17.0 Å². The molecule has 0 spiro atoms. The summed E-state index contributed by atoms with van der Waals surface area (Å²) in [7, 11) is 0. The van der Waals surface area contributed by atoms with Crippen LogP contribution < -0.4 is 11.3 Å². The molecule has 0 saturated heterocycles. The Hall–Kier alpha value is -2.68. The van der Waals surface area contributed by atoms with Gasteiger partial charge in [0.25, 0.3) is 5.56 Å². The zero-order chi connectivity index (χ0) is 16.8. The number of halogens is 3. The normalized spacial score (nSPS) is 13.4. The quantitative estimate of drug-likeness (QED) is 0.756. The van der Waals surface area contributed by atoms with Crippen molar-refractivity contribution >= 4 is 10.9 Å². The van der Waals surface area contributed by atoms with Crippen LogP contribution in [0.2, 0.25) is 0 Å². The van der Waals surface area contributed by atoms with Gasteiger partial charge in [0.05, 0.1) is 34.4 Å². The van der Waals surface area contributed by atoms with E-state index in [9.17, 15) is 18.0 Å². The van der Waals surface area contributed by atoms with Gasteiger partial charge < -0.3 is 5.73 Å². The minimum atomic E-state index is -4.66. The van der Waals surface area contributed by atoms with Crippen LogP contribution in [0.4, 0.5) is 13.2 Å². The highest BCUT2D eigenvalue weighted by molar-refractivity contribution is 5.82. The number of nitrogens with zero attached hydrogens (tertiary/aromatic N) is 3. The molecule has 2 heterocycles. The first-order valence-corrected chi connectivity index (χ1v) is 6.68. The molecule has 0 bridgehead atoms. The van der Waals surface area contributed by atoms with Crippen molar-refractivity contribution in [3.05, 3.63) is 52.3 Å². The van der Waals surface area contributed by atoms with Gasteiger partial charge in [-0.3, -0.25) is 14.5 Å². The number of hydrogen-bond donors (Lipinski definition) is 2. The summed E-state index contributed by atoms with van der Waals surface area (Å²) in [6.07, 6.45) is -1.96. The average Bonchev–Trinajstić information content (AvgIpc) is 2.99. The highest BCUT2D eigenvalue weighted by Crippen LogP contribution is 2.33. The molecule has 3 N–H and O–H groups in total. The Kier molecular flexibility index (Phi) is 3.44. The fraction of sp³-hybridized carbons (Fsp3) is 0.214. The number of aromatic nitrogens is 4. The fourth-order valence-electron chi connectivity index (χ4n) is 2.40. The molecule has 1 aromatic carbocycles. The second-order valence-corrected chi connectivity index (χ2v) is 5.05. The maximum Gasteiger partial charge on any atom is 0.417 e. The van der Waals surface area contributed by atoms with Crippen molar-refractivity contribution in [3.8, 4) is 5.69 Å². The molecule has 0 aliphatic heterocycles. The SMILES string of the molecule is CC(N)c1nc2cccc(C(F)(F)F)c2c(=O)n1-c1cn[nH]c1. The second-order valence-electron chi connectivity index (χ2n) is 5.05. The summed E-state index contributed by atoms with van der Waals surface area (Å²) in [5.41, 5.74) is 4.19. The van der Waals surface area contributed by atoms with E-state index in [0.717, 1.165) is 10.6 Å². The highest BCUT2D eigenvalue weighted by atomic mass is 19.4. The smallest absolute Gasteiger partial charge is 0.322 e. The topological polar surface area (TPSA) is 89.6 Å². The zero-order valence-corrected chi connectivity index (χ0v) is 11.9. The van der Waals surface area contributed by atoms with Crippen molar-refractivity contribution in [2.75, 3.05) is 0 Å². The van der Waals surface area contributed by atoms with Crippen molar-refractivity contribution in [3.63, 3.8) is 0 Å². The summed E-state index contributed by atoms with van der Waals surface area (Å²) in [5, 5.41) is 5.73. The molecule has 3 aromatic rings. The van der Waals surface area contributed by atoms with E-state index in [1.807, 2.05) is 0 Å². The van der Waals surface area contributed by atoms with E-state index < -0.39 is 28.7 Å². The first-order valence-electron chi connectivity index (χ1n) is 6.68. The van der Waals surface area contributed by atoms with Gasteiger partial charge in [-0.05, 0) is 19.1 Å². The maximum atomic E-state index is 13.2. The van der Waals surface area contributed by atoms with Crippen LogP contribution in [0.1, 0.15) is 24.4 Å². The molecule has 0 amide bonds. The van der Waals surface area contributed by atoms with Gasteiger partial charge in [-0.1, -0.05) is 6.07 Å². The number of rotatable bonds is 2. The van der Waals surface area contributed by atoms with E-state index in [1.165, 1.54) is 24.5 Å². The highest BCUT2D eigenvalue weighted by Gasteiger charge is 2.34. The Morgan fingerprint density at radius 1 is 1.35 bits per heavy atom. The summed E-state index contributed by atoms with van der Waals surface area (Å²) >= 11 is 0. The number of hydrogen-bond acceptors (Lipinski definition) is 4. The van der Waals surface area contributed by atoms with E-state index in [0.29, 0.717) is 0 Å². The molecule has 0 fully saturated rings. The average molecular weight is 323 g/mol. The molecule has 6 nitrogen and oxygen atoms in total. The first-order chi connectivity index (χ1) is 10.8. The van der Waals surface area contributed by atoms with Crippen LogP contribution in [0.15, 0.2) is 35.4 Å². The minimum absolute atomic E-state index is 0.0446. The second kappa shape index (κ2) is 5.20. The van der Waals surface area contributed by atoms with E-state index in [2.05, 4.69) is 15.2 Å². The lowest BCUT2D eigenvalue weighted by Crippen LogP contribution is -2.28. The van der Waals surface area contributed by atoms with Crippen molar-refractivity contribution in [1.29, 1.82) is 0 Å². The third-order valence-corrected chi connectivity index (χ3v) is 3.38. The molecule has 0 aliphatic rings. The number of nitrogens with one attached hydrogen (secondary N) is 1. The van der Waals surface area contributed by atoms with Crippen LogP contribution in [0.3, 0.4) is 0 Å². The zero-order valence-electron chi connectivity index (χ0n) is 11.9. The molecule has 0 aliphatic carbocycles. The predicted octanol–water partition coefficient (Wildman–Crippen LogP) is 2.15. The standard InChI is InChI=1S/C14H12F3N5O/c1-7(18)12-21-10-4-2-3-9(14(15,16)17)11(10)13(23)22(12)8-5-19-20-6-8/h2-7H,18H2,1H3,(H,19,20). The summed E-state index contributed by atoms with van der Waals surface area (Å²) < 4.78 is 40.7. The third-order valence-electron chi connectivity index (χ3n) is 3.38. The van der Waals surface area contributed by atoms with E-state index >= 15 is 0 Å². The van der Waals surface area contributed by atoms with E-state index in [4.69, 9.17) is 5.73 Å². The monoisotopic (exact) mass is 323 g/mol. The minimum Gasteiger partial charge on any atom is -0.322 e. The molecule has 0 saturated carbocycles. The third kappa shape index (κ3) is 2.48. The Bertz CT molecular complexity index is 913. The lowest BCUT2D eigenvalue weighted by atomic mass is 10.1. The Morgan fingerprint density at radius 2 is 2.09 bits per heavy atom. The van der Waals surface area contributed by atoms with E-state index in [1.54, 1.807) is 6.92 Å². The van der Waals surface area contributed by atoms with Crippen molar-refractivity contribution < 1.29 is 13.2 Å². The summed E-state index contributed by atoms with van der Waals surface area (Å²) in [6, 6.07) is 2.77. The first kappa shape index (κ1) is 15.2. The van der Waals surface area contributed by atoms with Gasteiger partial charge in [-0.15, -0.1) is 0 Å². The lowest BCUT2D eigenvalue weighted by Gasteiger charge is -2.16. The molecule has 1 unspecified atom stereocenters. The largest absolute Gasteiger partial charge is 0.417 e. The van der Waals surface area contributed by atoms with Gasteiger partial charge in [0.2, 0.25) is 0 Å². The fourth-order valence-corrected chi connectivity index (χ4v) is 2.40. The van der Waals surface area contributed by atoms with Crippen LogP contribution >= 0.6 is 0 Å². The van der Waals surface area contributed by atoms with Gasteiger partial charge in [0.1, 0.15) is 5.82 Å². The van der Waals surface area contributed by atoms with Crippen LogP contribution in [0.25, 0.3) is 16.6 Å². The molecule has 120 valence electrons. The van der Waals surface area contributed by atoms with Gasteiger partial charge in [0.15, 0.2) is 0 Å². The van der Waals surface area contributed by atoms with Crippen LogP contribution in [0, 0.1) is 0 Å². The number of benzene rings is 1. The van der Waals surface area contributed by atoms with Gasteiger partial charge >= 0.3 is 6.18 Å². The number of fused-ring (bicyclic) bond motifs is 1. The number of H-pyrrole nitrogens is 1. The lowest BCUT2D eigenvalue weighted by molar-refractivity contribution is -0.136. The summed E-state index contributed by atoms with van der Waals surface area (Å²) in [4.78, 5) is 16.9. The molecule has 3 rings (SSSR count). The number of aromatic amines is 1.